The van der Waals surface area contributed by atoms with Crippen LogP contribution < -0.4 is 11.5 Å². The van der Waals surface area contributed by atoms with E-state index in [1.807, 2.05) is 41.6 Å². The Morgan fingerprint density at radius 3 is 2.28 bits per heavy atom. The Labute approximate surface area is 209 Å². The highest BCUT2D eigenvalue weighted by Gasteiger charge is 2.45. The normalized spacial score (nSPS) is 23.3. The molecule has 1 aliphatic carbocycles. The fourth-order valence-electron chi connectivity index (χ4n) is 6.44. The zero-order valence-electron chi connectivity index (χ0n) is 20.0. The number of piperidine rings is 1. The van der Waals surface area contributed by atoms with E-state index in [2.05, 4.69) is 23.3 Å². The SMILES string of the molecule is NC(=O)N1C2CC[C@H]1CC(c1nc3c(-c4ccc(-c5ccccc5)nc4)cnn3c(N)c1C1CC1)C2. The zero-order valence-corrected chi connectivity index (χ0v) is 20.0. The van der Waals surface area contributed by atoms with E-state index in [1.54, 1.807) is 4.52 Å². The summed E-state index contributed by atoms with van der Waals surface area (Å²) in [6, 6.07) is 14.3. The number of primary amides is 1. The van der Waals surface area contributed by atoms with Crippen LogP contribution in [0.1, 0.15) is 61.6 Å². The van der Waals surface area contributed by atoms with Gasteiger partial charge in [-0.3, -0.25) is 4.98 Å². The predicted molar refractivity (Wildman–Crippen MR) is 138 cm³/mol. The fraction of sp³-hybridized carbons (Fsp3) is 0.357. The Bertz CT molecular complexity index is 1450. The summed E-state index contributed by atoms with van der Waals surface area (Å²) in [5.41, 5.74) is 19.4. The van der Waals surface area contributed by atoms with Crippen molar-refractivity contribution in [3.8, 4) is 22.4 Å². The molecule has 2 unspecified atom stereocenters. The van der Waals surface area contributed by atoms with E-state index in [4.69, 9.17) is 21.4 Å². The van der Waals surface area contributed by atoms with Gasteiger partial charge in [-0.2, -0.15) is 9.61 Å². The van der Waals surface area contributed by atoms with Gasteiger partial charge >= 0.3 is 6.03 Å². The van der Waals surface area contributed by atoms with Crippen molar-refractivity contribution in [2.45, 2.75) is 62.4 Å². The van der Waals surface area contributed by atoms with Gasteiger partial charge < -0.3 is 16.4 Å². The van der Waals surface area contributed by atoms with Crippen LogP contribution in [-0.2, 0) is 0 Å². The minimum absolute atomic E-state index is 0.191. The lowest BCUT2D eigenvalue weighted by Gasteiger charge is -2.38. The summed E-state index contributed by atoms with van der Waals surface area (Å²) in [7, 11) is 0. The van der Waals surface area contributed by atoms with E-state index in [9.17, 15) is 4.79 Å². The number of pyridine rings is 1. The molecule has 3 atom stereocenters. The predicted octanol–water partition coefficient (Wildman–Crippen LogP) is 4.71. The maximum absolute atomic E-state index is 12.0. The van der Waals surface area contributed by atoms with Gasteiger partial charge in [0.05, 0.1) is 17.6 Å². The average molecular weight is 480 g/mol. The molecule has 0 radical (unpaired) electrons. The van der Waals surface area contributed by atoms with E-state index >= 15 is 0 Å². The smallest absolute Gasteiger partial charge is 0.315 e. The molecule has 4 N–H and O–H groups in total. The maximum Gasteiger partial charge on any atom is 0.315 e. The Balaban J connectivity index is 1.30. The van der Waals surface area contributed by atoms with Crippen LogP contribution in [-0.4, -0.2) is 42.6 Å². The zero-order chi connectivity index (χ0) is 24.4. The largest absolute Gasteiger partial charge is 0.383 e. The molecular formula is C28H29N7O. The van der Waals surface area contributed by atoms with E-state index in [0.29, 0.717) is 11.7 Å². The number of benzene rings is 1. The number of carbonyl (C=O) groups is 1. The molecule has 4 aromatic rings. The molecule has 2 bridgehead atoms. The molecule has 3 aromatic heterocycles. The molecule has 5 heterocycles. The summed E-state index contributed by atoms with van der Waals surface area (Å²) in [6.45, 7) is 0. The lowest BCUT2D eigenvalue weighted by atomic mass is 9.85. The number of carbonyl (C=O) groups excluding carboxylic acids is 1. The van der Waals surface area contributed by atoms with Crippen LogP contribution in [0.3, 0.4) is 0 Å². The fourth-order valence-corrected chi connectivity index (χ4v) is 6.44. The summed E-state index contributed by atoms with van der Waals surface area (Å²) < 4.78 is 1.80. The van der Waals surface area contributed by atoms with Gasteiger partial charge in [-0.1, -0.05) is 36.4 Å². The number of urea groups is 1. The van der Waals surface area contributed by atoms with E-state index in [-0.39, 0.29) is 24.0 Å². The lowest BCUT2D eigenvalue weighted by molar-refractivity contribution is 0.145. The van der Waals surface area contributed by atoms with Gasteiger partial charge in [-0.25, -0.2) is 9.78 Å². The molecule has 1 aromatic carbocycles. The minimum atomic E-state index is -0.296. The summed E-state index contributed by atoms with van der Waals surface area (Å²) in [4.78, 5) is 23.9. The minimum Gasteiger partial charge on any atom is -0.383 e. The topological polar surface area (TPSA) is 115 Å². The Morgan fingerprint density at radius 1 is 0.889 bits per heavy atom. The highest BCUT2D eigenvalue weighted by atomic mass is 16.2. The van der Waals surface area contributed by atoms with Crippen LogP contribution in [0.25, 0.3) is 28.0 Å². The monoisotopic (exact) mass is 479 g/mol. The third-order valence-electron chi connectivity index (χ3n) is 8.25. The molecule has 0 spiro atoms. The molecular weight excluding hydrogens is 450 g/mol. The van der Waals surface area contributed by atoms with Gasteiger partial charge in [0.1, 0.15) is 5.82 Å². The first-order valence-corrected chi connectivity index (χ1v) is 12.8. The van der Waals surface area contributed by atoms with Gasteiger partial charge in [0, 0.05) is 46.5 Å². The van der Waals surface area contributed by atoms with Gasteiger partial charge in [0.25, 0.3) is 0 Å². The second kappa shape index (κ2) is 8.05. The van der Waals surface area contributed by atoms with Crippen LogP contribution >= 0.6 is 0 Å². The first-order chi connectivity index (χ1) is 17.6. The van der Waals surface area contributed by atoms with E-state index in [1.165, 1.54) is 0 Å². The summed E-state index contributed by atoms with van der Waals surface area (Å²) in [6.07, 6.45) is 9.80. The molecule has 3 aliphatic rings. The second-order valence-electron chi connectivity index (χ2n) is 10.5. The number of amides is 2. The van der Waals surface area contributed by atoms with Crippen molar-refractivity contribution in [2.24, 2.45) is 5.73 Å². The van der Waals surface area contributed by atoms with Crippen molar-refractivity contribution in [3.63, 3.8) is 0 Å². The summed E-state index contributed by atoms with van der Waals surface area (Å²) in [5, 5.41) is 4.64. The number of nitrogen functional groups attached to an aromatic ring is 1. The number of fused-ring (bicyclic) bond motifs is 3. The number of hydrogen-bond acceptors (Lipinski definition) is 5. The molecule has 182 valence electrons. The highest BCUT2D eigenvalue weighted by Crippen LogP contribution is 2.50. The van der Waals surface area contributed by atoms with Crippen LogP contribution in [0.15, 0.2) is 54.9 Å². The summed E-state index contributed by atoms with van der Waals surface area (Å²) >= 11 is 0. The molecule has 2 aliphatic heterocycles. The van der Waals surface area contributed by atoms with Gasteiger partial charge in [-0.15, -0.1) is 0 Å². The van der Waals surface area contributed by atoms with Crippen molar-refractivity contribution in [1.29, 1.82) is 0 Å². The van der Waals surface area contributed by atoms with Crippen LogP contribution in [0.4, 0.5) is 10.6 Å². The highest BCUT2D eigenvalue weighted by molar-refractivity contribution is 5.79. The second-order valence-corrected chi connectivity index (χ2v) is 10.5. The number of nitrogens with two attached hydrogens (primary N) is 2. The average Bonchev–Trinajstić information content (AvgIpc) is 3.58. The van der Waals surface area contributed by atoms with Crippen molar-refractivity contribution in [3.05, 3.63) is 66.1 Å². The number of aromatic nitrogens is 4. The van der Waals surface area contributed by atoms with Crippen molar-refractivity contribution >= 4 is 17.5 Å². The summed E-state index contributed by atoms with van der Waals surface area (Å²) in [5.74, 6) is 1.41. The number of hydrogen-bond donors (Lipinski definition) is 2. The molecule has 2 saturated heterocycles. The number of nitrogens with zero attached hydrogens (tertiary/aromatic N) is 5. The first kappa shape index (κ1) is 21.4. The van der Waals surface area contributed by atoms with Crippen LogP contribution in [0.2, 0.25) is 0 Å². The molecule has 3 fully saturated rings. The Morgan fingerprint density at radius 2 is 1.64 bits per heavy atom. The molecule has 36 heavy (non-hydrogen) atoms. The van der Waals surface area contributed by atoms with Crippen LogP contribution in [0.5, 0.6) is 0 Å². The third kappa shape index (κ3) is 3.35. The van der Waals surface area contributed by atoms with Crippen LogP contribution in [0, 0.1) is 0 Å². The molecule has 7 rings (SSSR count). The standard InChI is InChI=1S/C28H29N7O/c29-26-24(17-6-7-17)25(19-12-20-9-10-21(13-19)34(20)28(30)36)33-27-22(15-32-35(26)27)18-8-11-23(31-14-18)16-4-2-1-3-5-16/h1-5,8,11,14-15,17,19-21H,6-7,9-10,12-13,29H2,(H2,30,36)/t19?,20-,21?/m0/s1. The van der Waals surface area contributed by atoms with Gasteiger partial charge in [0.2, 0.25) is 0 Å². The number of anilines is 1. The lowest BCUT2D eigenvalue weighted by Crippen LogP contribution is -2.48. The Kier molecular flexibility index (Phi) is 4.77. The molecule has 8 nitrogen and oxygen atoms in total. The van der Waals surface area contributed by atoms with Gasteiger partial charge in [-0.05, 0) is 50.5 Å². The van der Waals surface area contributed by atoms with Crippen molar-refractivity contribution in [1.82, 2.24) is 24.5 Å². The van der Waals surface area contributed by atoms with Gasteiger partial charge in [0.15, 0.2) is 5.65 Å². The maximum atomic E-state index is 12.0. The third-order valence-corrected chi connectivity index (χ3v) is 8.25. The number of rotatable bonds is 4. The quantitative estimate of drug-likeness (QED) is 0.440. The Hall–Kier alpha value is -3.94. The van der Waals surface area contributed by atoms with Crippen molar-refractivity contribution in [2.75, 3.05) is 5.73 Å². The van der Waals surface area contributed by atoms with Crippen molar-refractivity contribution < 1.29 is 4.79 Å². The van der Waals surface area contributed by atoms with E-state index < -0.39 is 0 Å². The molecule has 8 heteroatoms. The first-order valence-electron chi connectivity index (χ1n) is 12.8. The molecule has 2 amide bonds. The molecule has 1 saturated carbocycles. The van der Waals surface area contributed by atoms with E-state index in [0.717, 1.165) is 77.8 Å².